The van der Waals surface area contributed by atoms with Gasteiger partial charge in [0.25, 0.3) is 5.91 Å². The largest absolute Gasteiger partial charge is 0.487 e. The standard InChI is InChI=1S/C17H19ClFIN2O4/c1-17(2,3)26-16(24)21-4-5-22-9(7-21)8-25-14-10(15(22)23)6-11(18)13(20)12(14)19/h6,9H,4-5,7-8H2,1-3H3/t9-/m0/s1. The van der Waals surface area contributed by atoms with E-state index in [1.54, 1.807) is 53.2 Å². The van der Waals surface area contributed by atoms with Crippen molar-refractivity contribution in [2.24, 2.45) is 0 Å². The van der Waals surface area contributed by atoms with E-state index in [2.05, 4.69) is 0 Å². The van der Waals surface area contributed by atoms with Crippen molar-refractivity contribution in [1.29, 1.82) is 0 Å². The van der Waals surface area contributed by atoms with Crippen LogP contribution in [0.4, 0.5) is 9.18 Å². The van der Waals surface area contributed by atoms with Gasteiger partial charge in [0.2, 0.25) is 0 Å². The van der Waals surface area contributed by atoms with Crippen LogP contribution in [0.15, 0.2) is 6.07 Å². The Morgan fingerprint density at radius 3 is 2.77 bits per heavy atom. The predicted molar refractivity (Wildman–Crippen MR) is 102 cm³/mol. The van der Waals surface area contributed by atoms with E-state index in [1.165, 1.54) is 6.07 Å². The number of ether oxygens (including phenoxy) is 2. The molecule has 9 heteroatoms. The molecule has 0 saturated carbocycles. The van der Waals surface area contributed by atoms with Crippen LogP contribution in [0.25, 0.3) is 0 Å². The topological polar surface area (TPSA) is 59.1 Å². The van der Waals surface area contributed by atoms with Gasteiger partial charge in [-0.3, -0.25) is 4.79 Å². The molecule has 2 aliphatic heterocycles. The second-order valence-electron chi connectivity index (χ2n) is 7.25. The van der Waals surface area contributed by atoms with Gasteiger partial charge in [-0.2, -0.15) is 0 Å². The van der Waals surface area contributed by atoms with Crippen LogP contribution in [0.1, 0.15) is 31.1 Å². The fourth-order valence-electron chi connectivity index (χ4n) is 2.97. The summed E-state index contributed by atoms with van der Waals surface area (Å²) in [5.74, 6) is -1.06. The molecule has 0 aliphatic carbocycles. The van der Waals surface area contributed by atoms with Crippen molar-refractivity contribution in [3.05, 3.63) is 26.0 Å². The fraction of sp³-hybridized carbons (Fsp3) is 0.529. The summed E-state index contributed by atoms with van der Waals surface area (Å²) in [4.78, 5) is 28.3. The molecule has 2 heterocycles. The molecular formula is C17H19ClFIN2O4. The molecule has 1 fully saturated rings. The van der Waals surface area contributed by atoms with Crippen LogP contribution in [0.3, 0.4) is 0 Å². The van der Waals surface area contributed by atoms with Gasteiger partial charge in [-0.15, -0.1) is 0 Å². The van der Waals surface area contributed by atoms with E-state index in [0.717, 1.165) is 0 Å². The highest BCUT2D eigenvalue weighted by atomic mass is 127. The summed E-state index contributed by atoms with van der Waals surface area (Å²) in [7, 11) is 0. The summed E-state index contributed by atoms with van der Waals surface area (Å²) in [6.07, 6.45) is -0.435. The average Bonchev–Trinajstić information content (AvgIpc) is 2.69. The lowest BCUT2D eigenvalue weighted by Crippen LogP contribution is -2.58. The monoisotopic (exact) mass is 496 g/mol. The van der Waals surface area contributed by atoms with E-state index in [9.17, 15) is 14.0 Å². The molecule has 0 radical (unpaired) electrons. The van der Waals surface area contributed by atoms with Gasteiger partial charge >= 0.3 is 6.09 Å². The van der Waals surface area contributed by atoms with Gasteiger partial charge in [0, 0.05) is 19.6 Å². The summed E-state index contributed by atoms with van der Waals surface area (Å²) in [5.41, 5.74) is -0.488. The molecule has 0 bridgehead atoms. The van der Waals surface area contributed by atoms with E-state index >= 15 is 0 Å². The lowest BCUT2D eigenvalue weighted by molar-refractivity contribution is 0.000860. The van der Waals surface area contributed by atoms with Gasteiger partial charge in [-0.05, 0) is 49.4 Å². The Labute approximate surface area is 169 Å². The summed E-state index contributed by atoms with van der Waals surface area (Å²) in [6.45, 7) is 6.40. The zero-order valence-electron chi connectivity index (χ0n) is 14.6. The van der Waals surface area contributed by atoms with Crippen LogP contribution in [0.5, 0.6) is 5.75 Å². The van der Waals surface area contributed by atoms with Gasteiger partial charge < -0.3 is 19.3 Å². The summed E-state index contributed by atoms with van der Waals surface area (Å²) in [6, 6.07) is 1.05. The highest BCUT2D eigenvalue weighted by Crippen LogP contribution is 2.36. The van der Waals surface area contributed by atoms with Crippen LogP contribution in [-0.4, -0.2) is 59.7 Å². The number of nitrogens with zero attached hydrogens (tertiary/aromatic N) is 2. The van der Waals surface area contributed by atoms with Gasteiger partial charge in [0.1, 0.15) is 12.2 Å². The zero-order chi connectivity index (χ0) is 19.2. The van der Waals surface area contributed by atoms with Crippen LogP contribution >= 0.6 is 34.2 Å². The number of benzene rings is 1. The second kappa shape index (κ2) is 7.03. The molecule has 1 aromatic rings. The Hall–Kier alpha value is -1.29. The summed E-state index contributed by atoms with van der Waals surface area (Å²) >= 11 is 7.81. The van der Waals surface area contributed by atoms with Crippen molar-refractivity contribution in [3.8, 4) is 5.75 Å². The molecule has 1 aromatic carbocycles. The van der Waals surface area contributed by atoms with Crippen LogP contribution < -0.4 is 4.74 Å². The Kier molecular flexibility index (Phi) is 5.26. The molecule has 2 aliphatic rings. The van der Waals surface area contributed by atoms with Crippen molar-refractivity contribution in [2.45, 2.75) is 32.4 Å². The van der Waals surface area contributed by atoms with Crippen LogP contribution in [0.2, 0.25) is 5.02 Å². The minimum absolute atomic E-state index is 0.0815. The van der Waals surface area contributed by atoms with E-state index in [-0.39, 0.29) is 45.0 Å². The molecule has 142 valence electrons. The first-order valence-electron chi connectivity index (χ1n) is 8.17. The third kappa shape index (κ3) is 3.71. The second-order valence-corrected chi connectivity index (χ2v) is 8.74. The zero-order valence-corrected chi connectivity index (χ0v) is 17.6. The number of fused-ring (bicyclic) bond motifs is 2. The maximum absolute atomic E-state index is 14.5. The Morgan fingerprint density at radius 1 is 1.42 bits per heavy atom. The minimum atomic E-state index is -0.634. The number of hydrogen-bond acceptors (Lipinski definition) is 4. The number of hydrogen-bond donors (Lipinski definition) is 0. The van der Waals surface area contributed by atoms with Gasteiger partial charge in [-0.25, -0.2) is 9.18 Å². The first kappa shape index (κ1) is 19.5. The minimum Gasteiger partial charge on any atom is -0.487 e. The lowest BCUT2D eigenvalue weighted by atomic mass is 10.1. The molecule has 0 spiro atoms. The molecule has 6 nitrogen and oxygen atoms in total. The third-order valence-corrected chi connectivity index (χ3v) is 5.83. The molecule has 0 unspecified atom stereocenters. The van der Waals surface area contributed by atoms with Crippen molar-refractivity contribution < 1.29 is 23.5 Å². The molecule has 1 atom stereocenters. The smallest absolute Gasteiger partial charge is 0.410 e. The highest BCUT2D eigenvalue weighted by molar-refractivity contribution is 14.1. The number of carbonyl (C=O) groups excluding carboxylic acids is 2. The van der Waals surface area contributed by atoms with Crippen molar-refractivity contribution in [3.63, 3.8) is 0 Å². The number of halogens is 3. The molecule has 0 aromatic heterocycles. The first-order chi connectivity index (χ1) is 12.1. The first-order valence-corrected chi connectivity index (χ1v) is 9.63. The quantitative estimate of drug-likeness (QED) is 0.407. The number of carbonyl (C=O) groups is 2. The Morgan fingerprint density at radius 2 is 2.12 bits per heavy atom. The van der Waals surface area contributed by atoms with Crippen LogP contribution in [-0.2, 0) is 4.74 Å². The normalized spacial score (nSPS) is 20.1. The highest BCUT2D eigenvalue weighted by Gasteiger charge is 2.39. The number of piperazine rings is 1. The van der Waals surface area contributed by atoms with E-state index in [0.29, 0.717) is 13.1 Å². The van der Waals surface area contributed by atoms with Crippen molar-refractivity contribution >= 4 is 46.2 Å². The summed E-state index contributed by atoms with van der Waals surface area (Å²) in [5, 5.41) is 0.171. The molecule has 2 amide bonds. The predicted octanol–water partition coefficient (Wildman–Crippen LogP) is 3.54. The SMILES string of the molecule is CC(C)(C)OC(=O)N1CCN2C(=O)c3cc(Cl)c(I)c(F)c3OC[C@@H]2C1. The van der Waals surface area contributed by atoms with E-state index in [4.69, 9.17) is 21.1 Å². The lowest BCUT2D eigenvalue weighted by Gasteiger charge is -2.40. The van der Waals surface area contributed by atoms with Crippen molar-refractivity contribution in [2.75, 3.05) is 26.2 Å². The van der Waals surface area contributed by atoms with Gasteiger partial charge in [-0.1, -0.05) is 11.6 Å². The van der Waals surface area contributed by atoms with E-state index < -0.39 is 17.5 Å². The number of amides is 2. The summed E-state index contributed by atoms with van der Waals surface area (Å²) < 4.78 is 25.7. The van der Waals surface area contributed by atoms with E-state index in [1.807, 2.05) is 0 Å². The Bertz CT molecular complexity index is 768. The van der Waals surface area contributed by atoms with Crippen molar-refractivity contribution in [1.82, 2.24) is 9.80 Å². The number of rotatable bonds is 0. The molecule has 1 saturated heterocycles. The van der Waals surface area contributed by atoms with Gasteiger partial charge in [0.05, 0.1) is 20.2 Å². The fourth-order valence-corrected chi connectivity index (χ4v) is 3.56. The molecular weight excluding hydrogens is 478 g/mol. The Balaban J connectivity index is 1.83. The maximum Gasteiger partial charge on any atom is 0.410 e. The third-order valence-electron chi connectivity index (χ3n) is 4.16. The van der Waals surface area contributed by atoms with Gasteiger partial charge in [0.15, 0.2) is 11.6 Å². The molecule has 0 N–H and O–H groups in total. The van der Waals surface area contributed by atoms with Crippen LogP contribution in [0, 0.1) is 9.39 Å². The average molecular weight is 497 g/mol. The molecule has 3 rings (SSSR count). The maximum atomic E-state index is 14.5. The molecule has 26 heavy (non-hydrogen) atoms.